The second-order valence-electron chi connectivity index (χ2n) is 8.75. The molecule has 3 aromatic rings. The third kappa shape index (κ3) is 4.52. The van der Waals surface area contributed by atoms with E-state index >= 15 is 0 Å². The summed E-state index contributed by atoms with van der Waals surface area (Å²) < 4.78 is 34.4. The molecular formula is C26H24ClN3O5S. The lowest BCUT2D eigenvalue weighted by Gasteiger charge is -2.38. The summed E-state index contributed by atoms with van der Waals surface area (Å²) in [7, 11) is -3.83. The van der Waals surface area contributed by atoms with Crippen molar-refractivity contribution in [1.82, 2.24) is 0 Å². The predicted molar refractivity (Wildman–Crippen MR) is 139 cm³/mol. The first-order chi connectivity index (χ1) is 17.3. The standard InChI is InChI=1S/C26H24ClN3O5S/c1-2-35-18-9-6-16(7-10-18)29-36(33,34)19-11-13-25-22(15-19)20-4-3-5-21(20)26(28-25)23-14-17(30(31)32)8-12-24(23)27/h3-4,6-15,20-21,26,28-29H,2,5H2,1H3/t20-,21+,26-/m0/s1. The van der Waals surface area contributed by atoms with Gasteiger partial charge in [0, 0.05) is 40.0 Å². The van der Waals surface area contributed by atoms with Crippen LogP contribution in [0.3, 0.4) is 0 Å². The van der Waals surface area contributed by atoms with Gasteiger partial charge in [0.2, 0.25) is 0 Å². The third-order valence-electron chi connectivity index (χ3n) is 6.59. The lowest BCUT2D eigenvalue weighted by molar-refractivity contribution is -0.384. The number of allylic oxidation sites excluding steroid dienone is 2. The number of hydrogen-bond acceptors (Lipinski definition) is 6. The number of nitro benzene ring substituents is 1. The molecule has 5 rings (SSSR count). The van der Waals surface area contributed by atoms with Crippen LogP contribution in [0, 0.1) is 16.0 Å². The highest BCUT2D eigenvalue weighted by atomic mass is 35.5. The van der Waals surface area contributed by atoms with Crippen molar-refractivity contribution in [2.45, 2.75) is 30.2 Å². The second-order valence-corrected chi connectivity index (χ2v) is 10.8. The number of sulfonamides is 1. The van der Waals surface area contributed by atoms with Crippen molar-refractivity contribution in [2.24, 2.45) is 5.92 Å². The Labute approximate surface area is 214 Å². The monoisotopic (exact) mass is 525 g/mol. The van der Waals surface area contributed by atoms with Crippen LogP contribution in [0.5, 0.6) is 5.75 Å². The molecule has 186 valence electrons. The topological polar surface area (TPSA) is 111 Å². The van der Waals surface area contributed by atoms with E-state index in [1.165, 1.54) is 12.1 Å². The van der Waals surface area contributed by atoms with Gasteiger partial charge in [-0.3, -0.25) is 14.8 Å². The molecular weight excluding hydrogens is 502 g/mol. The van der Waals surface area contributed by atoms with Crippen LogP contribution in [-0.2, 0) is 10.0 Å². The Morgan fingerprint density at radius 3 is 2.61 bits per heavy atom. The van der Waals surface area contributed by atoms with E-state index in [4.69, 9.17) is 16.3 Å². The molecule has 0 unspecified atom stereocenters. The molecule has 2 aliphatic rings. The molecule has 10 heteroatoms. The highest BCUT2D eigenvalue weighted by molar-refractivity contribution is 7.92. The molecule has 3 atom stereocenters. The van der Waals surface area contributed by atoms with Crippen LogP contribution in [0.1, 0.15) is 36.4 Å². The molecule has 0 radical (unpaired) electrons. The zero-order valence-corrected chi connectivity index (χ0v) is 20.9. The number of halogens is 1. The summed E-state index contributed by atoms with van der Waals surface area (Å²) in [6.45, 7) is 2.41. The van der Waals surface area contributed by atoms with Crippen molar-refractivity contribution in [3.63, 3.8) is 0 Å². The first-order valence-electron chi connectivity index (χ1n) is 11.5. The molecule has 0 spiro atoms. The normalized spacial score (nSPS) is 20.2. The Kier molecular flexibility index (Phi) is 6.36. The number of rotatable bonds is 7. The van der Waals surface area contributed by atoms with Gasteiger partial charge in [-0.2, -0.15) is 0 Å². The van der Waals surface area contributed by atoms with E-state index < -0.39 is 14.9 Å². The third-order valence-corrected chi connectivity index (χ3v) is 8.31. The van der Waals surface area contributed by atoms with Gasteiger partial charge in [0.1, 0.15) is 5.75 Å². The smallest absolute Gasteiger partial charge is 0.269 e. The highest BCUT2D eigenvalue weighted by Crippen LogP contribution is 2.51. The predicted octanol–water partition coefficient (Wildman–Crippen LogP) is 6.27. The van der Waals surface area contributed by atoms with Crippen LogP contribution >= 0.6 is 11.6 Å². The summed E-state index contributed by atoms with van der Waals surface area (Å²) in [6, 6.07) is 15.9. The van der Waals surface area contributed by atoms with Crippen molar-refractivity contribution in [2.75, 3.05) is 16.6 Å². The van der Waals surface area contributed by atoms with Crippen LogP contribution in [0.25, 0.3) is 0 Å². The van der Waals surface area contributed by atoms with Gasteiger partial charge in [-0.25, -0.2) is 8.42 Å². The van der Waals surface area contributed by atoms with E-state index in [-0.39, 0.29) is 28.5 Å². The van der Waals surface area contributed by atoms with Crippen molar-refractivity contribution in [3.8, 4) is 5.75 Å². The molecule has 0 bridgehead atoms. The van der Waals surface area contributed by atoms with E-state index in [0.717, 1.165) is 17.7 Å². The molecule has 1 aliphatic carbocycles. The quantitative estimate of drug-likeness (QED) is 0.213. The fourth-order valence-electron chi connectivity index (χ4n) is 4.93. The molecule has 0 saturated heterocycles. The van der Waals surface area contributed by atoms with Gasteiger partial charge in [0.05, 0.1) is 22.5 Å². The number of fused-ring (bicyclic) bond motifs is 3. The van der Waals surface area contributed by atoms with E-state index in [1.807, 2.05) is 6.92 Å². The number of ether oxygens (including phenoxy) is 1. The van der Waals surface area contributed by atoms with E-state index in [0.29, 0.717) is 28.6 Å². The molecule has 0 saturated carbocycles. The fraction of sp³-hybridized carbons (Fsp3) is 0.231. The van der Waals surface area contributed by atoms with Gasteiger partial charge in [-0.15, -0.1) is 0 Å². The molecule has 36 heavy (non-hydrogen) atoms. The number of non-ortho nitro benzene ring substituents is 1. The summed E-state index contributed by atoms with van der Waals surface area (Å²) in [4.78, 5) is 11.1. The summed E-state index contributed by atoms with van der Waals surface area (Å²) >= 11 is 6.46. The summed E-state index contributed by atoms with van der Waals surface area (Å²) in [6.07, 6.45) is 4.87. The Hall–Kier alpha value is -3.56. The number of anilines is 2. The summed E-state index contributed by atoms with van der Waals surface area (Å²) in [5, 5.41) is 15.3. The van der Waals surface area contributed by atoms with Crippen molar-refractivity contribution in [1.29, 1.82) is 0 Å². The van der Waals surface area contributed by atoms with Crippen LogP contribution in [0.2, 0.25) is 5.02 Å². The van der Waals surface area contributed by atoms with Gasteiger partial charge in [0.15, 0.2) is 0 Å². The molecule has 0 amide bonds. The zero-order valence-electron chi connectivity index (χ0n) is 19.3. The Bertz CT molecular complexity index is 1460. The lowest BCUT2D eigenvalue weighted by atomic mass is 9.77. The number of hydrogen-bond donors (Lipinski definition) is 2. The molecule has 3 aromatic carbocycles. The molecule has 1 heterocycles. The summed E-state index contributed by atoms with van der Waals surface area (Å²) in [5.41, 5.74) is 2.71. The maximum absolute atomic E-state index is 13.2. The van der Waals surface area contributed by atoms with Crippen LogP contribution in [-0.4, -0.2) is 19.9 Å². The minimum atomic E-state index is -3.83. The largest absolute Gasteiger partial charge is 0.494 e. The minimum absolute atomic E-state index is 0.0219. The van der Waals surface area contributed by atoms with Crippen molar-refractivity contribution in [3.05, 3.63) is 99.1 Å². The van der Waals surface area contributed by atoms with Gasteiger partial charge >= 0.3 is 0 Å². The molecule has 8 nitrogen and oxygen atoms in total. The Balaban J connectivity index is 1.46. The molecule has 1 aliphatic heterocycles. The van der Waals surface area contributed by atoms with Crippen molar-refractivity contribution >= 4 is 38.7 Å². The molecule has 0 aromatic heterocycles. The second kappa shape index (κ2) is 9.48. The van der Waals surface area contributed by atoms with Gasteiger partial charge in [-0.05, 0) is 73.4 Å². The van der Waals surface area contributed by atoms with E-state index in [9.17, 15) is 18.5 Å². The van der Waals surface area contributed by atoms with Crippen LogP contribution in [0.15, 0.2) is 77.7 Å². The lowest BCUT2D eigenvalue weighted by Crippen LogP contribution is -2.29. The fourth-order valence-corrected chi connectivity index (χ4v) is 6.26. The Morgan fingerprint density at radius 1 is 1.11 bits per heavy atom. The van der Waals surface area contributed by atoms with Crippen LogP contribution in [0.4, 0.5) is 17.1 Å². The zero-order chi connectivity index (χ0) is 25.4. The van der Waals surface area contributed by atoms with Gasteiger partial charge in [0.25, 0.3) is 15.7 Å². The minimum Gasteiger partial charge on any atom is -0.494 e. The number of nitro groups is 1. The highest BCUT2D eigenvalue weighted by Gasteiger charge is 2.39. The van der Waals surface area contributed by atoms with Crippen LogP contribution < -0.4 is 14.8 Å². The number of nitrogens with zero attached hydrogens (tertiary/aromatic N) is 1. The number of nitrogens with one attached hydrogen (secondary N) is 2. The summed E-state index contributed by atoms with van der Waals surface area (Å²) in [5.74, 6) is 0.647. The first kappa shape index (κ1) is 24.1. The average Bonchev–Trinajstić information content (AvgIpc) is 3.35. The first-order valence-corrected chi connectivity index (χ1v) is 13.4. The molecule has 2 N–H and O–H groups in total. The van der Waals surface area contributed by atoms with Crippen molar-refractivity contribution < 1.29 is 18.1 Å². The maximum atomic E-state index is 13.2. The molecule has 0 fully saturated rings. The number of benzene rings is 3. The van der Waals surface area contributed by atoms with E-state index in [1.54, 1.807) is 48.5 Å². The van der Waals surface area contributed by atoms with Gasteiger partial charge < -0.3 is 10.1 Å². The Morgan fingerprint density at radius 2 is 1.89 bits per heavy atom. The maximum Gasteiger partial charge on any atom is 0.269 e. The van der Waals surface area contributed by atoms with Gasteiger partial charge in [-0.1, -0.05) is 23.8 Å². The SMILES string of the molecule is CCOc1ccc(NS(=O)(=O)c2ccc3c(c2)[C@H]2C=CC[C@H]2[C@@H](c2cc([N+](=O)[O-])ccc2Cl)N3)cc1. The average molecular weight is 526 g/mol. The van der Waals surface area contributed by atoms with E-state index in [2.05, 4.69) is 22.2 Å².